The number of halogens is 2. The number of fused-ring (bicyclic) bond motifs is 2. The van der Waals surface area contributed by atoms with Crippen molar-refractivity contribution in [3.05, 3.63) is 78.9 Å². The van der Waals surface area contributed by atoms with Gasteiger partial charge >= 0.3 is 5.69 Å². The molecule has 1 unspecified atom stereocenters. The summed E-state index contributed by atoms with van der Waals surface area (Å²) in [6.45, 7) is 3.71. The van der Waals surface area contributed by atoms with E-state index in [0.717, 1.165) is 42.4 Å². The minimum absolute atomic E-state index is 0. The van der Waals surface area contributed by atoms with Gasteiger partial charge in [-0.3, -0.25) is 14.3 Å². The molecule has 1 N–H and O–H groups in total. The van der Waals surface area contributed by atoms with E-state index in [1.165, 1.54) is 35.3 Å². The van der Waals surface area contributed by atoms with E-state index in [2.05, 4.69) is 22.0 Å². The number of hydrogen-bond donors (Lipinski definition) is 1. The lowest BCUT2D eigenvalue weighted by atomic mass is 9.81. The third-order valence-electron chi connectivity index (χ3n) is 6.62. The second-order valence-corrected chi connectivity index (χ2v) is 9.82. The second kappa shape index (κ2) is 8.94. The summed E-state index contributed by atoms with van der Waals surface area (Å²) in [6.07, 6.45) is 6.07. The lowest BCUT2D eigenvalue weighted by Gasteiger charge is -2.25. The van der Waals surface area contributed by atoms with Crippen molar-refractivity contribution in [2.24, 2.45) is 0 Å². The van der Waals surface area contributed by atoms with E-state index in [1.54, 1.807) is 10.8 Å². The fourth-order valence-corrected chi connectivity index (χ4v) is 6.04. The van der Waals surface area contributed by atoms with Crippen molar-refractivity contribution in [3.8, 4) is 10.4 Å². The number of aromatic nitrogens is 2. The van der Waals surface area contributed by atoms with E-state index in [1.807, 2.05) is 23.6 Å². The molecule has 5 nitrogen and oxygen atoms in total. The van der Waals surface area contributed by atoms with Gasteiger partial charge in [-0.2, -0.15) is 0 Å². The third kappa shape index (κ3) is 4.27. The highest BCUT2D eigenvalue weighted by Crippen LogP contribution is 2.46. The Morgan fingerprint density at radius 3 is 2.84 bits per heavy atom. The van der Waals surface area contributed by atoms with Crippen molar-refractivity contribution in [2.45, 2.75) is 37.6 Å². The van der Waals surface area contributed by atoms with Crippen LogP contribution in [0.3, 0.4) is 0 Å². The predicted molar refractivity (Wildman–Crippen MR) is 129 cm³/mol. The average Bonchev–Trinajstić information content (AvgIpc) is 3.45. The molecular weight excluding hydrogens is 453 g/mol. The molecule has 1 saturated heterocycles. The number of hydrogen-bond acceptors (Lipinski definition) is 4. The maximum atomic E-state index is 12.2. The number of H-pyrrole nitrogens is 1. The zero-order valence-electron chi connectivity index (χ0n) is 17.1. The van der Waals surface area contributed by atoms with Gasteiger partial charge in [0.05, 0.1) is 5.56 Å². The molecule has 0 radical (unpaired) electrons. The van der Waals surface area contributed by atoms with Crippen LogP contribution < -0.4 is 11.2 Å². The van der Waals surface area contributed by atoms with Gasteiger partial charge in [0.25, 0.3) is 5.56 Å². The van der Waals surface area contributed by atoms with Crippen molar-refractivity contribution >= 4 is 35.3 Å². The number of benzene rings is 1. The van der Waals surface area contributed by atoms with Gasteiger partial charge in [0.1, 0.15) is 0 Å². The van der Waals surface area contributed by atoms with Crippen LogP contribution >= 0.6 is 35.3 Å². The van der Waals surface area contributed by atoms with Gasteiger partial charge in [-0.15, -0.1) is 23.7 Å². The molecule has 5 rings (SSSR count). The molecule has 3 aromatic rings. The van der Waals surface area contributed by atoms with Crippen molar-refractivity contribution < 1.29 is 0 Å². The third-order valence-corrected chi connectivity index (χ3v) is 7.75. The Labute approximate surface area is 196 Å². The molecule has 2 aliphatic rings. The lowest BCUT2D eigenvalue weighted by Crippen LogP contribution is -2.32. The van der Waals surface area contributed by atoms with Crippen LogP contribution in [0.5, 0.6) is 0 Å². The topological polar surface area (TPSA) is 58.1 Å². The Kier molecular flexibility index (Phi) is 6.44. The average molecular weight is 478 g/mol. The first-order valence-corrected chi connectivity index (χ1v) is 11.7. The van der Waals surface area contributed by atoms with Gasteiger partial charge in [-0.1, -0.05) is 23.7 Å². The van der Waals surface area contributed by atoms with Gasteiger partial charge < -0.3 is 4.90 Å². The van der Waals surface area contributed by atoms with Gasteiger partial charge in [0.15, 0.2) is 0 Å². The largest absolute Gasteiger partial charge is 0.328 e. The fraction of sp³-hybridized carbons (Fsp3) is 0.391. The minimum Gasteiger partial charge on any atom is -0.302 e. The number of thiophene rings is 1. The molecule has 164 valence electrons. The summed E-state index contributed by atoms with van der Waals surface area (Å²) in [4.78, 5) is 30.3. The molecule has 1 aliphatic heterocycles. The molecule has 0 bridgehead atoms. The number of aromatic amines is 1. The van der Waals surface area contributed by atoms with Crippen molar-refractivity contribution in [3.63, 3.8) is 0 Å². The fourth-order valence-electron chi connectivity index (χ4n) is 5.12. The molecule has 1 aliphatic carbocycles. The zero-order chi connectivity index (χ0) is 20.7. The van der Waals surface area contributed by atoms with Crippen LogP contribution in [-0.4, -0.2) is 34.1 Å². The first kappa shape index (κ1) is 22.3. The zero-order valence-corrected chi connectivity index (χ0v) is 19.5. The molecule has 8 heteroatoms. The summed E-state index contributed by atoms with van der Waals surface area (Å²) >= 11 is 7.68. The molecule has 0 saturated carbocycles. The quantitative estimate of drug-likeness (QED) is 0.594. The highest BCUT2D eigenvalue weighted by Gasteiger charge is 2.43. The van der Waals surface area contributed by atoms with Crippen LogP contribution in [0.25, 0.3) is 10.4 Å². The number of nitrogens with one attached hydrogen (secondary N) is 1. The first-order valence-electron chi connectivity index (χ1n) is 10.4. The molecule has 31 heavy (non-hydrogen) atoms. The molecule has 1 fully saturated rings. The summed E-state index contributed by atoms with van der Waals surface area (Å²) < 4.78 is 1.63. The van der Waals surface area contributed by atoms with E-state index in [-0.39, 0.29) is 29.1 Å². The van der Waals surface area contributed by atoms with Gasteiger partial charge in [0, 0.05) is 34.6 Å². The Bertz CT molecular complexity index is 1190. The smallest absolute Gasteiger partial charge is 0.302 e. The SMILES string of the molecule is Cl.O=c1[nH]c(=O)n(CCCN2CCC3(CCc4cc(Cl)ccc43)C2)cc1-c1cccs1. The number of rotatable bonds is 5. The van der Waals surface area contributed by atoms with E-state index >= 15 is 0 Å². The molecule has 3 heterocycles. The maximum absolute atomic E-state index is 12.2. The van der Waals surface area contributed by atoms with Crippen LogP contribution in [0.4, 0.5) is 0 Å². The van der Waals surface area contributed by atoms with Crippen molar-refractivity contribution in [2.75, 3.05) is 19.6 Å². The van der Waals surface area contributed by atoms with Gasteiger partial charge in [-0.05, 0) is 73.5 Å². The van der Waals surface area contributed by atoms with Gasteiger partial charge in [0.2, 0.25) is 0 Å². The Hall–Kier alpha value is -1.86. The maximum Gasteiger partial charge on any atom is 0.328 e. The van der Waals surface area contributed by atoms with Crippen LogP contribution in [0, 0.1) is 0 Å². The standard InChI is InChI=1S/C23H24ClN3O2S.ClH/c24-17-4-5-19-16(13-17)6-7-23(19)8-11-26(15-23)9-2-10-27-14-18(20-3-1-12-30-20)21(28)25-22(27)29;/h1,3-5,12-14H,2,6-11,15H2,(H,25,28,29);1H. The second-order valence-electron chi connectivity index (χ2n) is 8.43. The molecule has 2 aromatic heterocycles. The highest BCUT2D eigenvalue weighted by molar-refractivity contribution is 7.13. The first-order chi connectivity index (χ1) is 14.5. The van der Waals surface area contributed by atoms with E-state index in [9.17, 15) is 9.59 Å². The lowest BCUT2D eigenvalue weighted by molar-refractivity contribution is 0.298. The van der Waals surface area contributed by atoms with Crippen LogP contribution in [0.15, 0.2) is 51.5 Å². The summed E-state index contributed by atoms with van der Waals surface area (Å²) in [5, 5.41) is 2.76. The Balaban J connectivity index is 0.00000231. The van der Waals surface area contributed by atoms with Crippen LogP contribution in [0.1, 0.15) is 30.4 Å². The number of likely N-dealkylation sites (tertiary alicyclic amines) is 1. The molecule has 1 spiro atoms. The van der Waals surface area contributed by atoms with Crippen LogP contribution in [0.2, 0.25) is 5.02 Å². The normalized spacial score (nSPS) is 20.2. The Morgan fingerprint density at radius 1 is 1.16 bits per heavy atom. The highest BCUT2D eigenvalue weighted by atomic mass is 35.5. The minimum atomic E-state index is -0.334. The summed E-state index contributed by atoms with van der Waals surface area (Å²) in [5.41, 5.74) is 3.06. The number of aryl methyl sites for hydroxylation is 2. The Morgan fingerprint density at radius 2 is 2.03 bits per heavy atom. The summed E-state index contributed by atoms with van der Waals surface area (Å²) in [7, 11) is 0. The monoisotopic (exact) mass is 477 g/mol. The van der Waals surface area contributed by atoms with Crippen LogP contribution in [-0.2, 0) is 18.4 Å². The van der Waals surface area contributed by atoms with Gasteiger partial charge in [-0.25, -0.2) is 4.79 Å². The predicted octanol–water partition coefficient (Wildman–Crippen LogP) is 4.32. The van der Waals surface area contributed by atoms with E-state index < -0.39 is 0 Å². The molecule has 1 aromatic carbocycles. The van der Waals surface area contributed by atoms with Crippen molar-refractivity contribution in [1.82, 2.24) is 14.5 Å². The number of nitrogens with zero attached hydrogens (tertiary/aromatic N) is 2. The molecule has 1 atom stereocenters. The van der Waals surface area contributed by atoms with E-state index in [0.29, 0.717) is 12.1 Å². The van der Waals surface area contributed by atoms with E-state index in [4.69, 9.17) is 11.6 Å². The summed E-state index contributed by atoms with van der Waals surface area (Å²) in [5.74, 6) is 0. The summed E-state index contributed by atoms with van der Waals surface area (Å²) in [6, 6.07) is 10.2. The molecule has 0 amide bonds. The molecular formula is C23H25Cl2N3O2S. The van der Waals surface area contributed by atoms with Crippen molar-refractivity contribution in [1.29, 1.82) is 0 Å².